The van der Waals surface area contributed by atoms with Gasteiger partial charge in [0.1, 0.15) is 12.4 Å². The van der Waals surface area contributed by atoms with Gasteiger partial charge in [-0.15, -0.1) is 0 Å². The molecule has 0 aromatic heterocycles. The molecule has 1 saturated carbocycles. The van der Waals surface area contributed by atoms with Crippen molar-refractivity contribution in [3.63, 3.8) is 0 Å². The molecule has 0 heterocycles. The van der Waals surface area contributed by atoms with Crippen molar-refractivity contribution in [2.24, 2.45) is 11.7 Å². The number of rotatable bonds is 6. The highest BCUT2D eigenvalue weighted by Gasteiger charge is 2.26. The van der Waals surface area contributed by atoms with E-state index in [2.05, 4.69) is 31.0 Å². The molecule has 3 nitrogen and oxygen atoms in total. The van der Waals surface area contributed by atoms with Crippen LogP contribution in [0, 0.1) is 12.8 Å². The SMILES string of the molecule is Cc1ccc(OCCN(C)C2CCCCC2CN)cc1. The minimum absolute atomic E-state index is 0.635. The standard InChI is InChI=1S/C17H28N2O/c1-14-7-9-16(10-8-14)20-12-11-19(2)17-6-4-3-5-15(17)13-18/h7-10,15,17H,3-6,11-13,18H2,1-2H3. The molecule has 2 atom stereocenters. The number of nitrogens with zero attached hydrogens (tertiary/aromatic N) is 1. The summed E-state index contributed by atoms with van der Waals surface area (Å²) < 4.78 is 5.82. The summed E-state index contributed by atoms with van der Waals surface area (Å²) in [7, 11) is 2.21. The monoisotopic (exact) mass is 276 g/mol. The van der Waals surface area contributed by atoms with Gasteiger partial charge >= 0.3 is 0 Å². The van der Waals surface area contributed by atoms with Crippen LogP contribution in [0.3, 0.4) is 0 Å². The second-order valence-electron chi connectivity index (χ2n) is 5.99. The third-order valence-corrected chi connectivity index (χ3v) is 4.47. The van der Waals surface area contributed by atoms with Crippen molar-refractivity contribution < 1.29 is 4.74 Å². The van der Waals surface area contributed by atoms with E-state index in [9.17, 15) is 0 Å². The molecule has 2 rings (SSSR count). The molecule has 0 amide bonds. The van der Waals surface area contributed by atoms with Crippen LogP contribution in [0.2, 0.25) is 0 Å². The van der Waals surface area contributed by atoms with E-state index in [4.69, 9.17) is 10.5 Å². The van der Waals surface area contributed by atoms with Crippen molar-refractivity contribution in [3.8, 4) is 5.75 Å². The first kappa shape index (κ1) is 15.3. The number of hydrogen-bond donors (Lipinski definition) is 1. The zero-order valence-corrected chi connectivity index (χ0v) is 12.8. The fraction of sp³-hybridized carbons (Fsp3) is 0.647. The molecular weight excluding hydrogens is 248 g/mol. The van der Waals surface area contributed by atoms with E-state index < -0.39 is 0 Å². The topological polar surface area (TPSA) is 38.5 Å². The molecule has 1 aromatic carbocycles. The van der Waals surface area contributed by atoms with Crippen LogP contribution in [-0.2, 0) is 0 Å². The lowest BCUT2D eigenvalue weighted by molar-refractivity contribution is 0.115. The summed E-state index contributed by atoms with van der Waals surface area (Å²) in [5.41, 5.74) is 7.17. The second kappa shape index (κ2) is 7.65. The second-order valence-corrected chi connectivity index (χ2v) is 5.99. The van der Waals surface area contributed by atoms with Gasteiger partial charge < -0.3 is 10.5 Å². The quantitative estimate of drug-likeness (QED) is 0.868. The lowest BCUT2D eigenvalue weighted by Gasteiger charge is -2.37. The highest BCUT2D eigenvalue weighted by atomic mass is 16.5. The predicted octanol–water partition coefficient (Wildman–Crippen LogP) is 2.82. The van der Waals surface area contributed by atoms with E-state index in [1.807, 2.05) is 12.1 Å². The third-order valence-electron chi connectivity index (χ3n) is 4.47. The average molecular weight is 276 g/mol. The zero-order chi connectivity index (χ0) is 14.4. The predicted molar refractivity (Wildman–Crippen MR) is 84.1 cm³/mol. The largest absolute Gasteiger partial charge is 0.492 e. The van der Waals surface area contributed by atoms with Crippen molar-refractivity contribution in [2.45, 2.75) is 38.6 Å². The van der Waals surface area contributed by atoms with E-state index in [0.29, 0.717) is 12.0 Å². The van der Waals surface area contributed by atoms with Crippen LogP contribution in [0.1, 0.15) is 31.2 Å². The molecule has 0 bridgehead atoms. The van der Waals surface area contributed by atoms with Gasteiger partial charge in [-0.25, -0.2) is 0 Å². The van der Waals surface area contributed by atoms with Crippen LogP contribution in [-0.4, -0.2) is 37.7 Å². The van der Waals surface area contributed by atoms with Crippen LogP contribution in [0.4, 0.5) is 0 Å². The Morgan fingerprint density at radius 2 is 1.90 bits per heavy atom. The maximum atomic E-state index is 5.91. The summed E-state index contributed by atoms with van der Waals surface area (Å²) in [6.45, 7) is 4.61. The Balaban J connectivity index is 1.76. The minimum atomic E-state index is 0.635. The Labute approximate surface area is 123 Å². The smallest absolute Gasteiger partial charge is 0.119 e. The summed E-state index contributed by atoms with van der Waals surface area (Å²) >= 11 is 0. The molecule has 1 aromatic rings. The Morgan fingerprint density at radius 1 is 1.20 bits per heavy atom. The third kappa shape index (κ3) is 4.22. The maximum absolute atomic E-state index is 5.91. The summed E-state index contributed by atoms with van der Waals surface area (Å²) in [5, 5.41) is 0. The van der Waals surface area contributed by atoms with Gasteiger partial charge in [0.15, 0.2) is 0 Å². The van der Waals surface area contributed by atoms with Gasteiger partial charge in [0.25, 0.3) is 0 Å². The summed E-state index contributed by atoms with van der Waals surface area (Å²) in [6, 6.07) is 8.89. The van der Waals surface area contributed by atoms with Crippen LogP contribution in [0.15, 0.2) is 24.3 Å². The Hall–Kier alpha value is -1.06. The van der Waals surface area contributed by atoms with Crippen molar-refractivity contribution in [3.05, 3.63) is 29.8 Å². The van der Waals surface area contributed by atoms with E-state index in [1.54, 1.807) is 0 Å². The van der Waals surface area contributed by atoms with E-state index in [1.165, 1.54) is 31.2 Å². The van der Waals surface area contributed by atoms with Crippen LogP contribution in [0.25, 0.3) is 0 Å². The van der Waals surface area contributed by atoms with Gasteiger partial charge in [-0.2, -0.15) is 0 Å². The average Bonchev–Trinajstić information content (AvgIpc) is 2.49. The van der Waals surface area contributed by atoms with Crippen molar-refractivity contribution in [1.82, 2.24) is 4.90 Å². The highest BCUT2D eigenvalue weighted by molar-refractivity contribution is 5.26. The van der Waals surface area contributed by atoms with Gasteiger partial charge in [-0.05, 0) is 51.4 Å². The zero-order valence-electron chi connectivity index (χ0n) is 12.8. The minimum Gasteiger partial charge on any atom is -0.492 e. The summed E-state index contributed by atoms with van der Waals surface area (Å²) in [4.78, 5) is 2.44. The van der Waals surface area contributed by atoms with Gasteiger partial charge in [0.2, 0.25) is 0 Å². The van der Waals surface area contributed by atoms with E-state index in [-0.39, 0.29) is 0 Å². The van der Waals surface area contributed by atoms with Crippen molar-refractivity contribution >= 4 is 0 Å². The molecule has 0 saturated heterocycles. The molecule has 0 spiro atoms. The number of ether oxygens (including phenoxy) is 1. The Kier molecular flexibility index (Phi) is 5.86. The lowest BCUT2D eigenvalue weighted by Crippen LogP contribution is -2.44. The molecule has 0 aliphatic heterocycles. The first-order valence-corrected chi connectivity index (χ1v) is 7.80. The molecular formula is C17H28N2O. The fourth-order valence-electron chi connectivity index (χ4n) is 3.15. The molecule has 2 N–H and O–H groups in total. The van der Waals surface area contributed by atoms with Gasteiger partial charge in [-0.3, -0.25) is 4.90 Å². The molecule has 112 valence electrons. The first-order chi connectivity index (χ1) is 9.70. The molecule has 20 heavy (non-hydrogen) atoms. The number of hydrogen-bond acceptors (Lipinski definition) is 3. The first-order valence-electron chi connectivity index (χ1n) is 7.80. The number of benzene rings is 1. The maximum Gasteiger partial charge on any atom is 0.119 e. The van der Waals surface area contributed by atoms with E-state index >= 15 is 0 Å². The number of nitrogens with two attached hydrogens (primary N) is 1. The molecule has 1 aliphatic carbocycles. The van der Waals surface area contributed by atoms with Crippen LogP contribution < -0.4 is 10.5 Å². The molecule has 1 fully saturated rings. The van der Waals surface area contributed by atoms with E-state index in [0.717, 1.165) is 25.4 Å². The van der Waals surface area contributed by atoms with Crippen molar-refractivity contribution in [1.29, 1.82) is 0 Å². The Morgan fingerprint density at radius 3 is 2.60 bits per heavy atom. The number of aryl methyl sites for hydroxylation is 1. The highest BCUT2D eigenvalue weighted by Crippen LogP contribution is 2.27. The lowest BCUT2D eigenvalue weighted by atomic mass is 9.84. The van der Waals surface area contributed by atoms with Gasteiger partial charge in [-0.1, -0.05) is 30.5 Å². The van der Waals surface area contributed by atoms with Crippen LogP contribution >= 0.6 is 0 Å². The molecule has 1 aliphatic rings. The molecule has 2 unspecified atom stereocenters. The van der Waals surface area contributed by atoms with Gasteiger partial charge in [0.05, 0.1) is 0 Å². The van der Waals surface area contributed by atoms with Crippen molar-refractivity contribution in [2.75, 3.05) is 26.7 Å². The normalized spacial score (nSPS) is 23.0. The molecule has 0 radical (unpaired) electrons. The molecule has 3 heteroatoms. The number of likely N-dealkylation sites (N-methyl/N-ethyl adjacent to an activating group) is 1. The Bertz CT molecular complexity index is 390. The summed E-state index contributed by atoms with van der Waals surface area (Å²) in [6.07, 6.45) is 5.24. The van der Waals surface area contributed by atoms with Crippen LogP contribution in [0.5, 0.6) is 5.75 Å². The van der Waals surface area contributed by atoms with Gasteiger partial charge in [0, 0.05) is 12.6 Å². The fourth-order valence-corrected chi connectivity index (χ4v) is 3.15. The summed E-state index contributed by atoms with van der Waals surface area (Å²) in [5.74, 6) is 1.62.